The Morgan fingerprint density at radius 1 is 1.31 bits per heavy atom. The molecule has 90 valence electrons. The summed E-state index contributed by atoms with van der Waals surface area (Å²) in [6.07, 6.45) is 0.635. The van der Waals surface area contributed by atoms with E-state index in [0.29, 0.717) is 12.0 Å². The molecule has 0 aliphatic carbocycles. The van der Waals surface area contributed by atoms with Crippen molar-refractivity contribution in [1.82, 2.24) is 4.98 Å². The van der Waals surface area contributed by atoms with Crippen molar-refractivity contribution in [1.29, 1.82) is 0 Å². The molecule has 1 atom stereocenters. The summed E-state index contributed by atoms with van der Waals surface area (Å²) in [5, 5.41) is 0. The van der Waals surface area contributed by atoms with E-state index < -0.39 is 11.7 Å². The molecule has 0 spiro atoms. The standard InChI is InChI=1S/C12H16F3N/c1-3-5-9(4-2)10-8-16-7-6-11(10)12(13,14)15/h6-9H,3-5H2,1-2H3. The predicted octanol–water partition coefficient (Wildman–Crippen LogP) is 4.39. The van der Waals surface area contributed by atoms with Crippen LogP contribution in [0.3, 0.4) is 0 Å². The van der Waals surface area contributed by atoms with Crippen molar-refractivity contribution in [2.45, 2.75) is 45.2 Å². The van der Waals surface area contributed by atoms with Crippen molar-refractivity contribution >= 4 is 0 Å². The van der Waals surface area contributed by atoms with Crippen molar-refractivity contribution in [3.8, 4) is 0 Å². The Hall–Kier alpha value is -1.06. The van der Waals surface area contributed by atoms with E-state index in [4.69, 9.17) is 0 Å². The van der Waals surface area contributed by atoms with E-state index in [9.17, 15) is 13.2 Å². The third kappa shape index (κ3) is 2.97. The third-order valence-corrected chi connectivity index (χ3v) is 2.73. The van der Waals surface area contributed by atoms with E-state index in [1.165, 1.54) is 12.4 Å². The number of alkyl halides is 3. The second-order valence-corrected chi connectivity index (χ2v) is 3.85. The van der Waals surface area contributed by atoms with Gasteiger partial charge in [0.2, 0.25) is 0 Å². The summed E-state index contributed by atoms with van der Waals surface area (Å²) in [4.78, 5) is 3.81. The Kier molecular flexibility index (Phi) is 4.33. The smallest absolute Gasteiger partial charge is 0.264 e. The number of hydrogen-bond acceptors (Lipinski definition) is 1. The van der Waals surface area contributed by atoms with Gasteiger partial charge in [-0.3, -0.25) is 4.98 Å². The molecular weight excluding hydrogens is 215 g/mol. The van der Waals surface area contributed by atoms with Gasteiger partial charge in [0, 0.05) is 12.4 Å². The minimum atomic E-state index is -4.28. The fraction of sp³-hybridized carbons (Fsp3) is 0.583. The Labute approximate surface area is 93.7 Å². The fourth-order valence-corrected chi connectivity index (χ4v) is 1.92. The number of pyridine rings is 1. The van der Waals surface area contributed by atoms with Gasteiger partial charge in [0.05, 0.1) is 5.56 Å². The lowest BCUT2D eigenvalue weighted by atomic mass is 9.90. The zero-order valence-electron chi connectivity index (χ0n) is 9.51. The SMILES string of the molecule is CCCC(CC)c1cnccc1C(F)(F)F. The molecule has 0 aromatic carbocycles. The Bertz CT molecular complexity index is 333. The first kappa shape index (κ1) is 13.0. The van der Waals surface area contributed by atoms with Crippen molar-refractivity contribution in [3.63, 3.8) is 0 Å². The van der Waals surface area contributed by atoms with Crippen LogP contribution < -0.4 is 0 Å². The number of nitrogens with zero attached hydrogens (tertiary/aromatic N) is 1. The summed E-state index contributed by atoms with van der Waals surface area (Å²) in [7, 11) is 0. The molecule has 0 saturated carbocycles. The van der Waals surface area contributed by atoms with Crippen molar-refractivity contribution in [2.75, 3.05) is 0 Å². The molecule has 0 radical (unpaired) electrons. The average molecular weight is 231 g/mol. The molecule has 0 amide bonds. The maximum Gasteiger partial charge on any atom is 0.416 e. The quantitative estimate of drug-likeness (QED) is 0.748. The van der Waals surface area contributed by atoms with Gasteiger partial charge >= 0.3 is 6.18 Å². The van der Waals surface area contributed by atoms with Crippen LogP contribution in [0.25, 0.3) is 0 Å². The van der Waals surface area contributed by atoms with E-state index in [2.05, 4.69) is 4.98 Å². The molecular formula is C12H16F3N. The van der Waals surface area contributed by atoms with Crippen LogP contribution in [0.1, 0.15) is 50.2 Å². The van der Waals surface area contributed by atoms with Gasteiger partial charge in [-0.2, -0.15) is 13.2 Å². The summed E-state index contributed by atoms with van der Waals surface area (Å²) < 4.78 is 38.3. The number of hydrogen-bond donors (Lipinski definition) is 0. The molecule has 0 aliphatic rings. The van der Waals surface area contributed by atoms with Crippen LogP contribution >= 0.6 is 0 Å². The van der Waals surface area contributed by atoms with Crippen LogP contribution in [0.4, 0.5) is 13.2 Å². The molecule has 1 aromatic heterocycles. The van der Waals surface area contributed by atoms with Gasteiger partial charge < -0.3 is 0 Å². The van der Waals surface area contributed by atoms with Gasteiger partial charge in [0.25, 0.3) is 0 Å². The van der Waals surface area contributed by atoms with Crippen LogP contribution in [0.2, 0.25) is 0 Å². The van der Waals surface area contributed by atoms with Crippen LogP contribution in [0.5, 0.6) is 0 Å². The Balaban J connectivity index is 3.11. The summed E-state index contributed by atoms with van der Waals surface area (Å²) in [5.41, 5.74) is -0.206. The van der Waals surface area contributed by atoms with Gasteiger partial charge in [-0.15, -0.1) is 0 Å². The van der Waals surface area contributed by atoms with Gasteiger partial charge in [-0.05, 0) is 30.4 Å². The van der Waals surface area contributed by atoms with Gasteiger partial charge in [-0.25, -0.2) is 0 Å². The van der Waals surface area contributed by atoms with E-state index in [1.54, 1.807) is 0 Å². The lowest BCUT2D eigenvalue weighted by Gasteiger charge is -2.19. The maximum atomic E-state index is 12.8. The average Bonchev–Trinajstić information content (AvgIpc) is 2.25. The first-order valence-electron chi connectivity index (χ1n) is 5.51. The van der Waals surface area contributed by atoms with E-state index >= 15 is 0 Å². The van der Waals surface area contributed by atoms with Crippen LogP contribution in [-0.2, 0) is 6.18 Å². The lowest BCUT2D eigenvalue weighted by molar-refractivity contribution is -0.138. The normalized spacial score (nSPS) is 13.8. The molecule has 1 aromatic rings. The molecule has 0 bridgehead atoms. The monoisotopic (exact) mass is 231 g/mol. The van der Waals surface area contributed by atoms with Crippen molar-refractivity contribution in [2.24, 2.45) is 0 Å². The summed E-state index contributed by atoms with van der Waals surface area (Å²) in [5.74, 6) is -0.0460. The number of halogens is 3. The third-order valence-electron chi connectivity index (χ3n) is 2.73. The molecule has 16 heavy (non-hydrogen) atoms. The second-order valence-electron chi connectivity index (χ2n) is 3.85. The topological polar surface area (TPSA) is 12.9 Å². The van der Waals surface area contributed by atoms with Crippen molar-refractivity contribution in [3.05, 3.63) is 29.6 Å². The fourth-order valence-electron chi connectivity index (χ4n) is 1.92. The Morgan fingerprint density at radius 2 is 2.00 bits per heavy atom. The van der Waals surface area contributed by atoms with Gasteiger partial charge in [-0.1, -0.05) is 20.3 Å². The maximum absolute atomic E-state index is 12.8. The molecule has 1 heterocycles. The van der Waals surface area contributed by atoms with Crippen LogP contribution in [0, 0.1) is 0 Å². The highest BCUT2D eigenvalue weighted by atomic mass is 19.4. The van der Waals surface area contributed by atoms with Gasteiger partial charge in [0.15, 0.2) is 0 Å². The minimum Gasteiger partial charge on any atom is -0.264 e. The lowest BCUT2D eigenvalue weighted by Crippen LogP contribution is -2.12. The first-order valence-corrected chi connectivity index (χ1v) is 5.51. The van der Waals surface area contributed by atoms with Crippen LogP contribution in [0.15, 0.2) is 18.5 Å². The Morgan fingerprint density at radius 3 is 2.50 bits per heavy atom. The highest BCUT2D eigenvalue weighted by molar-refractivity contribution is 5.29. The summed E-state index contributed by atoms with van der Waals surface area (Å²) >= 11 is 0. The van der Waals surface area contributed by atoms with Crippen LogP contribution in [-0.4, -0.2) is 4.98 Å². The molecule has 1 rings (SSSR count). The first-order chi connectivity index (χ1) is 7.50. The second kappa shape index (κ2) is 5.32. The summed E-state index contributed by atoms with van der Waals surface area (Å²) in [6.45, 7) is 3.89. The molecule has 0 fully saturated rings. The molecule has 1 nitrogen and oxygen atoms in total. The highest BCUT2D eigenvalue weighted by Gasteiger charge is 2.34. The number of aromatic nitrogens is 1. The zero-order chi connectivity index (χ0) is 12.2. The molecule has 4 heteroatoms. The largest absolute Gasteiger partial charge is 0.416 e. The molecule has 0 aliphatic heterocycles. The van der Waals surface area contributed by atoms with Crippen molar-refractivity contribution < 1.29 is 13.2 Å². The molecule has 0 saturated heterocycles. The minimum absolute atomic E-state index is 0.0460. The van der Waals surface area contributed by atoms with Gasteiger partial charge in [0.1, 0.15) is 0 Å². The van der Waals surface area contributed by atoms with E-state index in [0.717, 1.165) is 18.9 Å². The highest BCUT2D eigenvalue weighted by Crippen LogP contribution is 2.37. The van der Waals surface area contributed by atoms with E-state index in [1.807, 2.05) is 13.8 Å². The predicted molar refractivity (Wildman–Crippen MR) is 57.2 cm³/mol. The molecule has 1 unspecified atom stereocenters. The van der Waals surface area contributed by atoms with E-state index in [-0.39, 0.29) is 5.92 Å². The molecule has 0 N–H and O–H groups in total. The summed E-state index contributed by atoms with van der Waals surface area (Å²) in [6, 6.07) is 1.06. The number of rotatable bonds is 4. The zero-order valence-corrected chi connectivity index (χ0v) is 9.51.